The summed E-state index contributed by atoms with van der Waals surface area (Å²) < 4.78 is 13.0. The molecule has 1 aliphatic heterocycles. The Labute approximate surface area is 150 Å². The smallest absolute Gasteiger partial charge is 0.253 e. The maximum Gasteiger partial charge on any atom is 0.253 e. The van der Waals surface area contributed by atoms with Crippen LogP contribution in [0.5, 0.6) is 0 Å². The maximum absolute atomic E-state index is 13.0. The first-order chi connectivity index (χ1) is 12.1. The van der Waals surface area contributed by atoms with Crippen molar-refractivity contribution in [3.8, 4) is 0 Å². The van der Waals surface area contributed by atoms with Crippen molar-refractivity contribution in [3.63, 3.8) is 0 Å². The average molecular weight is 357 g/mol. The molecule has 0 radical (unpaired) electrons. The number of hydrogen-bond acceptors (Lipinski definition) is 1. The van der Waals surface area contributed by atoms with Gasteiger partial charge in [-0.15, -0.1) is 0 Å². The van der Waals surface area contributed by atoms with Crippen molar-refractivity contribution in [1.29, 1.82) is 0 Å². The summed E-state index contributed by atoms with van der Waals surface area (Å²) in [6, 6.07) is 11.7. The van der Waals surface area contributed by atoms with Crippen molar-refractivity contribution in [3.05, 3.63) is 70.6 Å². The van der Waals surface area contributed by atoms with Crippen LogP contribution in [0.15, 0.2) is 48.7 Å². The number of piperidine rings is 1. The van der Waals surface area contributed by atoms with Gasteiger partial charge in [0, 0.05) is 40.8 Å². The number of amides is 1. The number of rotatable bonds is 2. The lowest BCUT2D eigenvalue weighted by Crippen LogP contribution is -2.37. The number of carbonyl (C=O) groups is 1. The summed E-state index contributed by atoms with van der Waals surface area (Å²) in [5.74, 6) is 0.0750. The first kappa shape index (κ1) is 16.2. The van der Waals surface area contributed by atoms with Gasteiger partial charge in [-0.1, -0.05) is 17.7 Å². The van der Waals surface area contributed by atoms with Gasteiger partial charge in [0.25, 0.3) is 5.91 Å². The van der Waals surface area contributed by atoms with Gasteiger partial charge in [0.05, 0.1) is 0 Å². The average Bonchev–Trinajstić information content (AvgIpc) is 3.05. The molecule has 1 N–H and O–H groups in total. The minimum atomic E-state index is -0.324. The van der Waals surface area contributed by atoms with Gasteiger partial charge < -0.3 is 9.88 Å². The normalized spacial score (nSPS) is 15.7. The van der Waals surface area contributed by atoms with Gasteiger partial charge >= 0.3 is 0 Å². The van der Waals surface area contributed by atoms with Crippen LogP contribution in [0.25, 0.3) is 10.9 Å². The van der Waals surface area contributed by atoms with Crippen LogP contribution >= 0.6 is 11.6 Å². The van der Waals surface area contributed by atoms with E-state index < -0.39 is 0 Å². The van der Waals surface area contributed by atoms with Gasteiger partial charge in [0.15, 0.2) is 0 Å². The molecule has 3 aromatic rings. The number of aromatic nitrogens is 1. The number of halogens is 2. The Balaban J connectivity index is 1.47. The van der Waals surface area contributed by atoms with Crippen molar-refractivity contribution < 1.29 is 9.18 Å². The van der Waals surface area contributed by atoms with Crippen LogP contribution in [-0.2, 0) is 0 Å². The fourth-order valence-electron chi connectivity index (χ4n) is 3.63. The molecule has 2 heterocycles. The summed E-state index contributed by atoms with van der Waals surface area (Å²) in [6.45, 7) is 1.42. The summed E-state index contributed by atoms with van der Waals surface area (Å²) in [4.78, 5) is 17.7. The lowest BCUT2D eigenvalue weighted by molar-refractivity contribution is 0.0713. The number of benzene rings is 2. The molecule has 1 aromatic heterocycles. The second-order valence-electron chi connectivity index (χ2n) is 6.51. The highest BCUT2D eigenvalue weighted by atomic mass is 35.5. The van der Waals surface area contributed by atoms with Gasteiger partial charge in [0.1, 0.15) is 5.82 Å². The zero-order chi connectivity index (χ0) is 17.4. The summed E-state index contributed by atoms with van der Waals surface area (Å²) in [7, 11) is 0. The highest BCUT2D eigenvalue weighted by molar-refractivity contribution is 6.31. The third kappa shape index (κ3) is 3.14. The van der Waals surface area contributed by atoms with Crippen LogP contribution in [0, 0.1) is 5.82 Å². The molecule has 0 aliphatic carbocycles. The minimum absolute atomic E-state index is 0.0239. The quantitative estimate of drug-likeness (QED) is 0.690. The molecule has 2 aromatic carbocycles. The van der Waals surface area contributed by atoms with Gasteiger partial charge in [-0.3, -0.25) is 4.79 Å². The van der Waals surface area contributed by atoms with Crippen molar-refractivity contribution in [2.24, 2.45) is 0 Å². The molecule has 1 amide bonds. The Morgan fingerprint density at radius 2 is 1.84 bits per heavy atom. The van der Waals surface area contributed by atoms with E-state index in [2.05, 4.69) is 17.2 Å². The molecule has 0 atom stereocenters. The molecule has 0 saturated carbocycles. The van der Waals surface area contributed by atoms with Crippen LogP contribution in [0.3, 0.4) is 0 Å². The van der Waals surface area contributed by atoms with Gasteiger partial charge in [-0.25, -0.2) is 4.39 Å². The predicted octanol–water partition coefficient (Wildman–Crippen LogP) is 4.98. The molecule has 5 heteroatoms. The lowest BCUT2D eigenvalue weighted by Gasteiger charge is -2.32. The fourth-order valence-corrected chi connectivity index (χ4v) is 3.80. The van der Waals surface area contributed by atoms with Crippen LogP contribution in [0.2, 0.25) is 5.02 Å². The Hall–Kier alpha value is -2.33. The Morgan fingerprint density at radius 3 is 2.56 bits per heavy atom. The highest BCUT2D eigenvalue weighted by Gasteiger charge is 2.26. The van der Waals surface area contributed by atoms with Gasteiger partial charge in [0.2, 0.25) is 0 Å². The topological polar surface area (TPSA) is 36.1 Å². The number of hydrogen-bond donors (Lipinski definition) is 1. The number of nitrogens with zero attached hydrogens (tertiary/aromatic N) is 1. The molecular formula is C20H18ClFN2O. The van der Waals surface area contributed by atoms with E-state index in [0.717, 1.165) is 23.4 Å². The van der Waals surface area contributed by atoms with Crippen molar-refractivity contribution in [1.82, 2.24) is 9.88 Å². The largest absolute Gasteiger partial charge is 0.361 e. The first-order valence-corrected chi connectivity index (χ1v) is 8.81. The van der Waals surface area contributed by atoms with Crippen LogP contribution in [0.4, 0.5) is 4.39 Å². The van der Waals surface area contributed by atoms with E-state index in [-0.39, 0.29) is 11.7 Å². The van der Waals surface area contributed by atoms with Crippen LogP contribution < -0.4 is 0 Å². The third-order valence-corrected chi connectivity index (χ3v) is 5.22. The number of nitrogens with one attached hydrogen (secondary N) is 1. The van der Waals surface area contributed by atoms with Crippen LogP contribution in [0.1, 0.15) is 34.7 Å². The van der Waals surface area contributed by atoms with Gasteiger partial charge in [-0.05, 0) is 60.7 Å². The Morgan fingerprint density at radius 1 is 1.12 bits per heavy atom. The minimum Gasteiger partial charge on any atom is -0.361 e. The zero-order valence-electron chi connectivity index (χ0n) is 13.6. The second-order valence-corrected chi connectivity index (χ2v) is 6.94. The monoisotopic (exact) mass is 356 g/mol. The predicted molar refractivity (Wildman–Crippen MR) is 97.6 cm³/mol. The summed E-state index contributed by atoms with van der Waals surface area (Å²) in [6.07, 6.45) is 3.90. The van der Waals surface area contributed by atoms with Crippen molar-refractivity contribution in [2.45, 2.75) is 18.8 Å². The standard InChI is InChI=1S/C20H18ClFN2O/c21-15-3-6-17-18(12-23-19(17)11-15)13-7-9-24(10-8-13)20(25)14-1-4-16(22)5-2-14/h1-6,11-13,23H,7-10H2. The number of likely N-dealkylation sites (tertiary alicyclic amines) is 1. The van der Waals surface area contributed by atoms with E-state index in [1.165, 1.54) is 23.1 Å². The zero-order valence-corrected chi connectivity index (χ0v) is 14.4. The maximum atomic E-state index is 13.0. The molecule has 0 bridgehead atoms. The fraction of sp³-hybridized carbons (Fsp3) is 0.250. The number of H-pyrrole nitrogens is 1. The number of aromatic amines is 1. The van der Waals surface area contributed by atoms with E-state index in [0.29, 0.717) is 24.6 Å². The third-order valence-electron chi connectivity index (χ3n) is 4.99. The summed E-state index contributed by atoms with van der Waals surface area (Å²) in [5, 5.41) is 1.92. The summed E-state index contributed by atoms with van der Waals surface area (Å²) in [5.41, 5.74) is 2.88. The Kier molecular flexibility index (Phi) is 4.22. The Bertz CT molecular complexity index is 911. The van der Waals surface area contributed by atoms with Crippen molar-refractivity contribution in [2.75, 3.05) is 13.1 Å². The lowest BCUT2D eigenvalue weighted by atomic mass is 9.89. The van der Waals surface area contributed by atoms with E-state index in [1.54, 1.807) is 12.1 Å². The number of fused-ring (bicyclic) bond motifs is 1. The molecule has 4 rings (SSSR count). The second kappa shape index (κ2) is 6.52. The molecule has 1 fully saturated rings. The van der Waals surface area contributed by atoms with Crippen LogP contribution in [-0.4, -0.2) is 28.9 Å². The SMILES string of the molecule is O=C(c1ccc(F)cc1)N1CCC(c2c[nH]c3cc(Cl)ccc23)CC1. The van der Waals surface area contributed by atoms with E-state index in [1.807, 2.05) is 17.0 Å². The molecular weight excluding hydrogens is 339 g/mol. The molecule has 3 nitrogen and oxygen atoms in total. The molecule has 25 heavy (non-hydrogen) atoms. The van der Waals surface area contributed by atoms with Crippen molar-refractivity contribution >= 4 is 28.4 Å². The van der Waals surface area contributed by atoms with E-state index in [9.17, 15) is 9.18 Å². The highest BCUT2D eigenvalue weighted by Crippen LogP contribution is 2.34. The number of carbonyl (C=O) groups excluding carboxylic acids is 1. The molecule has 0 unspecified atom stereocenters. The molecule has 128 valence electrons. The summed E-state index contributed by atoms with van der Waals surface area (Å²) >= 11 is 6.05. The molecule has 1 aliphatic rings. The van der Waals surface area contributed by atoms with Gasteiger partial charge in [-0.2, -0.15) is 0 Å². The van der Waals surface area contributed by atoms with E-state index in [4.69, 9.17) is 11.6 Å². The molecule has 1 saturated heterocycles. The molecule has 0 spiro atoms. The first-order valence-electron chi connectivity index (χ1n) is 8.43. The van der Waals surface area contributed by atoms with E-state index >= 15 is 0 Å².